The molecule has 0 aliphatic rings. The van der Waals surface area contributed by atoms with Gasteiger partial charge in [0.1, 0.15) is 0 Å². The molecule has 0 aliphatic heterocycles. The highest BCUT2D eigenvalue weighted by Crippen LogP contribution is 2.22. The van der Waals surface area contributed by atoms with Gasteiger partial charge < -0.3 is 21.0 Å². The average Bonchev–Trinajstić information content (AvgIpc) is 2.39. The van der Waals surface area contributed by atoms with Gasteiger partial charge in [0.05, 0.1) is 17.7 Å². The van der Waals surface area contributed by atoms with Crippen molar-refractivity contribution in [2.24, 2.45) is 10.9 Å². The van der Waals surface area contributed by atoms with Crippen LogP contribution in [0.4, 0.5) is 5.69 Å². The van der Waals surface area contributed by atoms with Crippen molar-refractivity contribution in [1.82, 2.24) is 0 Å². The van der Waals surface area contributed by atoms with Crippen LogP contribution in [-0.2, 0) is 9.53 Å². The van der Waals surface area contributed by atoms with Crippen molar-refractivity contribution >= 4 is 33.4 Å². The second-order valence-electron chi connectivity index (χ2n) is 4.86. The zero-order chi connectivity index (χ0) is 15.3. The SMILES string of the molecule is COC(C)(C)CC(=O)Nc1ccc(Br)cc1/C(N)=N/O. The number of nitrogens with two attached hydrogens (primary N) is 1. The van der Waals surface area contributed by atoms with Crippen LogP contribution in [0.15, 0.2) is 27.8 Å². The van der Waals surface area contributed by atoms with Gasteiger partial charge in [-0.3, -0.25) is 4.79 Å². The lowest BCUT2D eigenvalue weighted by Crippen LogP contribution is -2.30. The molecule has 0 bridgehead atoms. The van der Waals surface area contributed by atoms with Crippen LogP contribution in [0, 0.1) is 0 Å². The Labute approximate surface area is 126 Å². The molecule has 4 N–H and O–H groups in total. The van der Waals surface area contributed by atoms with Crippen LogP contribution < -0.4 is 11.1 Å². The molecule has 0 aromatic heterocycles. The van der Waals surface area contributed by atoms with Gasteiger partial charge in [-0.05, 0) is 32.0 Å². The third-order valence-electron chi connectivity index (χ3n) is 2.78. The van der Waals surface area contributed by atoms with Crippen LogP contribution in [0.3, 0.4) is 0 Å². The number of carbonyl (C=O) groups is 1. The number of rotatable bonds is 5. The van der Waals surface area contributed by atoms with Crippen molar-refractivity contribution in [2.45, 2.75) is 25.9 Å². The molecule has 0 aliphatic carbocycles. The van der Waals surface area contributed by atoms with Crippen LogP contribution in [0.2, 0.25) is 0 Å². The minimum atomic E-state index is -0.559. The third kappa shape index (κ3) is 4.50. The lowest BCUT2D eigenvalue weighted by Gasteiger charge is -2.22. The number of nitrogens with one attached hydrogen (secondary N) is 1. The number of nitrogens with zero attached hydrogens (tertiary/aromatic N) is 1. The fourth-order valence-corrected chi connectivity index (χ4v) is 1.91. The summed E-state index contributed by atoms with van der Waals surface area (Å²) in [5.41, 5.74) is 5.95. The molecule has 110 valence electrons. The van der Waals surface area contributed by atoms with E-state index in [1.54, 1.807) is 25.3 Å². The van der Waals surface area contributed by atoms with Crippen LogP contribution in [-0.4, -0.2) is 29.7 Å². The molecule has 0 saturated heterocycles. The molecule has 6 nitrogen and oxygen atoms in total. The van der Waals surface area contributed by atoms with Gasteiger partial charge in [-0.15, -0.1) is 0 Å². The Morgan fingerprint density at radius 2 is 2.20 bits per heavy atom. The topological polar surface area (TPSA) is 96.9 Å². The summed E-state index contributed by atoms with van der Waals surface area (Å²) in [7, 11) is 1.55. The number of amides is 1. The Kier molecular flexibility index (Phi) is 5.52. The molecule has 0 atom stereocenters. The highest BCUT2D eigenvalue weighted by Gasteiger charge is 2.22. The molecular formula is C13H18BrN3O3. The number of methoxy groups -OCH3 is 1. The first kappa shape index (κ1) is 16.5. The maximum absolute atomic E-state index is 12.0. The summed E-state index contributed by atoms with van der Waals surface area (Å²) in [6, 6.07) is 5.09. The molecule has 1 aromatic rings. The van der Waals surface area contributed by atoms with Crippen molar-refractivity contribution in [2.75, 3.05) is 12.4 Å². The van der Waals surface area contributed by atoms with E-state index in [0.717, 1.165) is 4.47 Å². The summed E-state index contributed by atoms with van der Waals surface area (Å²) in [5, 5.41) is 14.5. The van der Waals surface area contributed by atoms with E-state index in [0.29, 0.717) is 11.3 Å². The number of hydrogen-bond donors (Lipinski definition) is 3. The van der Waals surface area contributed by atoms with E-state index in [1.807, 2.05) is 13.8 Å². The van der Waals surface area contributed by atoms with Crippen molar-refractivity contribution in [1.29, 1.82) is 0 Å². The standard InChI is InChI=1S/C13H18BrN3O3/c1-13(2,20-3)7-11(18)16-10-5-4-8(14)6-9(10)12(15)17-19/h4-6,19H,7H2,1-3H3,(H2,15,17)(H,16,18). The largest absolute Gasteiger partial charge is 0.409 e. The van der Waals surface area contributed by atoms with Crippen LogP contribution in [0.5, 0.6) is 0 Å². The minimum absolute atomic E-state index is 0.0763. The quantitative estimate of drug-likeness (QED) is 0.330. The number of anilines is 1. The van der Waals surface area contributed by atoms with E-state index in [4.69, 9.17) is 15.7 Å². The molecule has 1 rings (SSSR count). The third-order valence-corrected chi connectivity index (χ3v) is 3.27. The predicted octanol–water partition coefficient (Wildman–Crippen LogP) is 2.30. The Balaban J connectivity index is 2.95. The fourth-order valence-electron chi connectivity index (χ4n) is 1.54. The first-order chi connectivity index (χ1) is 9.29. The zero-order valence-corrected chi connectivity index (χ0v) is 13.2. The Morgan fingerprint density at radius 3 is 2.75 bits per heavy atom. The van der Waals surface area contributed by atoms with Gasteiger partial charge in [0.15, 0.2) is 5.84 Å². The van der Waals surface area contributed by atoms with E-state index in [-0.39, 0.29) is 18.2 Å². The summed E-state index contributed by atoms with van der Waals surface area (Å²) < 4.78 is 5.97. The van der Waals surface area contributed by atoms with Crippen LogP contribution in [0.25, 0.3) is 0 Å². The summed E-state index contributed by atoms with van der Waals surface area (Å²) in [4.78, 5) is 12.0. The predicted molar refractivity (Wildman–Crippen MR) is 81.0 cm³/mol. The fraction of sp³-hybridized carbons (Fsp3) is 0.385. The molecule has 0 radical (unpaired) electrons. The number of benzene rings is 1. The first-order valence-electron chi connectivity index (χ1n) is 5.91. The minimum Gasteiger partial charge on any atom is -0.409 e. The van der Waals surface area contributed by atoms with Gasteiger partial charge in [-0.2, -0.15) is 0 Å². The first-order valence-corrected chi connectivity index (χ1v) is 6.71. The molecule has 0 unspecified atom stereocenters. The molecule has 0 heterocycles. The summed E-state index contributed by atoms with van der Waals surface area (Å²) in [6.07, 6.45) is 0.190. The van der Waals surface area contributed by atoms with E-state index in [1.165, 1.54) is 0 Å². The Bertz CT molecular complexity index is 530. The number of ether oxygens (including phenoxy) is 1. The second kappa shape index (κ2) is 6.71. The molecule has 0 fully saturated rings. The highest BCUT2D eigenvalue weighted by molar-refractivity contribution is 9.10. The lowest BCUT2D eigenvalue weighted by atomic mass is 10.0. The van der Waals surface area contributed by atoms with Crippen molar-refractivity contribution in [3.05, 3.63) is 28.2 Å². The van der Waals surface area contributed by atoms with Crippen molar-refractivity contribution in [3.63, 3.8) is 0 Å². The summed E-state index contributed by atoms with van der Waals surface area (Å²) in [6.45, 7) is 3.64. The molecular weight excluding hydrogens is 326 g/mol. The van der Waals surface area contributed by atoms with Gasteiger partial charge in [0, 0.05) is 17.1 Å². The molecule has 1 aromatic carbocycles. The van der Waals surface area contributed by atoms with Crippen molar-refractivity contribution in [3.8, 4) is 0 Å². The van der Waals surface area contributed by atoms with E-state index in [2.05, 4.69) is 26.4 Å². The van der Waals surface area contributed by atoms with Gasteiger partial charge in [0.25, 0.3) is 0 Å². The van der Waals surface area contributed by atoms with E-state index >= 15 is 0 Å². The summed E-state index contributed by atoms with van der Waals surface area (Å²) in [5.74, 6) is -0.293. The molecule has 20 heavy (non-hydrogen) atoms. The average molecular weight is 344 g/mol. The van der Waals surface area contributed by atoms with Gasteiger partial charge in [-0.25, -0.2) is 0 Å². The number of amidine groups is 1. The Morgan fingerprint density at radius 1 is 1.55 bits per heavy atom. The normalized spacial score (nSPS) is 12.3. The van der Waals surface area contributed by atoms with Crippen molar-refractivity contribution < 1.29 is 14.7 Å². The molecule has 1 amide bonds. The second-order valence-corrected chi connectivity index (χ2v) is 5.78. The number of carbonyl (C=O) groups excluding carboxylic acids is 1. The highest BCUT2D eigenvalue weighted by atomic mass is 79.9. The Hall–Kier alpha value is -1.60. The number of hydrogen-bond acceptors (Lipinski definition) is 4. The van der Waals surface area contributed by atoms with E-state index < -0.39 is 5.60 Å². The van der Waals surface area contributed by atoms with E-state index in [9.17, 15) is 4.79 Å². The van der Waals surface area contributed by atoms with Gasteiger partial charge in [-0.1, -0.05) is 21.1 Å². The number of halogens is 1. The molecule has 0 spiro atoms. The maximum Gasteiger partial charge on any atom is 0.227 e. The molecule has 0 saturated carbocycles. The van der Waals surface area contributed by atoms with Crippen LogP contribution in [0.1, 0.15) is 25.8 Å². The number of oxime groups is 1. The maximum atomic E-state index is 12.0. The monoisotopic (exact) mass is 343 g/mol. The van der Waals surface area contributed by atoms with Gasteiger partial charge >= 0.3 is 0 Å². The smallest absolute Gasteiger partial charge is 0.227 e. The van der Waals surface area contributed by atoms with Crippen LogP contribution >= 0.6 is 15.9 Å². The molecule has 7 heteroatoms. The summed E-state index contributed by atoms with van der Waals surface area (Å²) >= 11 is 3.30. The lowest BCUT2D eigenvalue weighted by molar-refractivity contribution is -0.121. The van der Waals surface area contributed by atoms with Gasteiger partial charge in [0.2, 0.25) is 5.91 Å². The zero-order valence-electron chi connectivity index (χ0n) is 11.6.